The first kappa shape index (κ1) is 33.9. The minimum absolute atomic E-state index is 0.00181. The Morgan fingerprint density at radius 1 is 1.06 bits per heavy atom. The molecule has 0 spiro atoms. The SMILES string of the molecule is C=CC(=O)N1CCn2nc(-c3nc(-c4ccc5c(c4)CN(CC(F)F)CC5)c4ccsc4c3-c3c(F)cc(F)cc3OCCOC)cc2[C@H]1C. The first-order valence-electron chi connectivity index (χ1n) is 16.3. The van der Waals surface area contributed by atoms with E-state index in [0.29, 0.717) is 59.9 Å². The van der Waals surface area contributed by atoms with E-state index in [4.69, 9.17) is 19.6 Å². The van der Waals surface area contributed by atoms with Crippen molar-refractivity contribution in [1.29, 1.82) is 0 Å². The lowest BCUT2D eigenvalue weighted by Crippen LogP contribution is -2.40. The summed E-state index contributed by atoms with van der Waals surface area (Å²) in [4.78, 5) is 21.3. The van der Waals surface area contributed by atoms with Gasteiger partial charge in [0.1, 0.15) is 35.4 Å². The molecule has 7 rings (SSSR count). The molecule has 5 heterocycles. The van der Waals surface area contributed by atoms with Crippen LogP contribution in [-0.2, 0) is 29.0 Å². The Balaban J connectivity index is 1.45. The smallest absolute Gasteiger partial charge is 0.251 e. The summed E-state index contributed by atoms with van der Waals surface area (Å²) in [6.45, 7) is 7.31. The molecule has 2 aliphatic rings. The number of thiophene rings is 1. The van der Waals surface area contributed by atoms with Crippen LogP contribution in [0.3, 0.4) is 0 Å². The van der Waals surface area contributed by atoms with Crippen LogP contribution in [-0.4, -0.2) is 76.9 Å². The number of halogens is 4. The van der Waals surface area contributed by atoms with Crippen LogP contribution in [0.25, 0.3) is 43.9 Å². The van der Waals surface area contributed by atoms with Gasteiger partial charge in [-0.2, -0.15) is 5.10 Å². The number of rotatable bonds is 10. The van der Waals surface area contributed by atoms with E-state index in [-0.39, 0.29) is 43.0 Å². The van der Waals surface area contributed by atoms with Crippen LogP contribution in [0.4, 0.5) is 17.6 Å². The maximum Gasteiger partial charge on any atom is 0.251 e. The first-order valence-corrected chi connectivity index (χ1v) is 17.2. The highest BCUT2D eigenvalue weighted by molar-refractivity contribution is 7.18. The van der Waals surface area contributed by atoms with E-state index in [9.17, 15) is 18.0 Å². The molecule has 1 amide bonds. The van der Waals surface area contributed by atoms with E-state index in [1.165, 1.54) is 24.5 Å². The summed E-state index contributed by atoms with van der Waals surface area (Å²) in [7, 11) is 1.51. The van der Waals surface area contributed by atoms with E-state index < -0.39 is 18.1 Å². The third kappa shape index (κ3) is 6.29. The molecule has 0 fully saturated rings. The molecule has 2 aliphatic heterocycles. The van der Waals surface area contributed by atoms with Gasteiger partial charge in [-0.05, 0) is 54.1 Å². The number of hydrogen-bond acceptors (Lipinski definition) is 7. The molecule has 2 aromatic carbocycles. The molecule has 0 saturated heterocycles. The van der Waals surface area contributed by atoms with E-state index >= 15 is 4.39 Å². The van der Waals surface area contributed by atoms with E-state index in [1.807, 2.05) is 47.3 Å². The maximum atomic E-state index is 16.1. The van der Waals surface area contributed by atoms with Gasteiger partial charge in [-0.3, -0.25) is 14.4 Å². The number of carbonyl (C=O) groups is 1. The van der Waals surface area contributed by atoms with E-state index in [1.54, 1.807) is 9.80 Å². The standard InChI is InChI=1S/C37H35F4N5O3S/c1-4-32(47)45-10-11-46-29(21(45)2)18-28(43-46)36-34(33-27(39)16-25(38)17-30(33)49-13-12-48-3)37-26(8-14-50-37)35(42-36)23-6-5-22-7-9-44(20-31(40)41)19-24(22)15-23/h4-6,8,14-18,21,31H,1,7,9-13,19-20H2,2-3H3/t21-/m1/s1. The molecule has 50 heavy (non-hydrogen) atoms. The first-order chi connectivity index (χ1) is 24.2. The van der Waals surface area contributed by atoms with Crippen molar-refractivity contribution >= 4 is 27.3 Å². The van der Waals surface area contributed by atoms with Gasteiger partial charge in [0, 0.05) is 60.1 Å². The minimum atomic E-state index is -2.43. The maximum absolute atomic E-state index is 16.1. The van der Waals surface area contributed by atoms with E-state index in [0.717, 1.165) is 39.9 Å². The number of pyridine rings is 1. The molecule has 260 valence electrons. The third-order valence-electron chi connectivity index (χ3n) is 9.35. The second kappa shape index (κ2) is 14.0. The highest BCUT2D eigenvalue weighted by Gasteiger charge is 2.32. The van der Waals surface area contributed by atoms with Crippen LogP contribution < -0.4 is 4.74 Å². The van der Waals surface area contributed by atoms with Crippen molar-refractivity contribution in [3.63, 3.8) is 0 Å². The summed E-state index contributed by atoms with van der Waals surface area (Å²) in [6, 6.07) is 11.4. The lowest BCUT2D eigenvalue weighted by molar-refractivity contribution is -0.129. The Hall–Kier alpha value is -4.59. The highest BCUT2D eigenvalue weighted by atomic mass is 32.1. The van der Waals surface area contributed by atoms with Crippen LogP contribution >= 0.6 is 11.3 Å². The van der Waals surface area contributed by atoms with Crippen LogP contribution in [0.2, 0.25) is 0 Å². The molecule has 0 radical (unpaired) electrons. The van der Waals surface area contributed by atoms with Gasteiger partial charge >= 0.3 is 0 Å². The number of methoxy groups -OCH3 is 1. The van der Waals surface area contributed by atoms with Gasteiger partial charge in [-0.15, -0.1) is 11.3 Å². The second-order valence-corrected chi connectivity index (χ2v) is 13.3. The molecule has 0 aliphatic carbocycles. The monoisotopic (exact) mass is 705 g/mol. The second-order valence-electron chi connectivity index (χ2n) is 12.4. The fourth-order valence-electron chi connectivity index (χ4n) is 6.95. The molecule has 5 aromatic rings. The highest BCUT2D eigenvalue weighted by Crippen LogP contribution is 2.47. The van der Waals surface area contributed by atoms with Crippen molar-refractivity contribution < 1.29 is 31.8 Å². The molecule has 0 unspecified atom stereocenters. The van der Waals surface area contributed by atoms with Gasteiger partial charge in [0.15, 0.2) is 0 Å². The summed E-state index contributed by atoms with van der Waals surface area (Å²) >= 11 is 1.38. The van der Waals surface area contributed by atoms with Gasteiger partial charge in [0.25, 0.3) is 6.43 Å². The predicted octanol–water partition coefficient (Wildman–Crippen LogP) is 7.51. The lowest BCUT2D eigenvalue weighted by atomic mass is 9.93. The Kier molecular flexibility index (Phi) is 9.46. The van der Waals surface area contributed by atoms with E-state index in [2.05, 4.69) is 6.58 Å². The number of nitrogens with zero attached hydrogens (tertiary/aromatic N) is 5. The molecule has 0 bridgehead atoms. The Morgan fingerprint density at radius 3 is 2.68 bits per heavy atom. The molecule has 0 N–H and O–H groups in total. The molecule has 8 nitrogen and oxygen atoms in total. The normalized spacial score (nSPS) is 16.1. The number of ether oxygens (including phenoxy) is 2. The van der Waals surface area contributed by atoms with Crippen molar-refractivity contribution in [2.24, 2.45) is 0 Å². The van der Waals surface area contributed by atoms with Crippen molar-refractivity contribution in [3.05, 3.63) is 89.0 Å². The Morgan fingerprint density at radius 2 is 1.90 bits per heavy atom. The average Bonchev–Trinajstić information content (AvgIpc) is 3.76. The molecular weight excluding hydrogens is 670 g/mol. The molecule has 3 aromatic heterocycles. The van der Waals surface area contributed by atoms with Crippen molar-refractivity contribution in [1.82, 2.24) is 24.6 Å². The lowest BCUT2D eigenvalue weighted by Gasteiger charge is -2.33. The number of aromatic nitrogens is 3. The summed E-state index contributed by atoms with van der Waals surface area (Å²) in [5.41, 5.74) is 5.43. The number of benzene rings is 2. The summed E-state index contributed by atoms with van der Waals surface area (Å²) in [6.07, 6.45) is -0.483. The van der Waals surface area contributed by atoms with Crippen LogP contribution in [0.15, 0.2) is 60.5 Å². The summed E-state index contributed by atoms with van der Waals surface area (Å²) < 4.78 is 70.9. The van der Waals surface area contributed by atoms with Gasteiger partial charge in [-0.25, -0.2) is 22.5 Å². The van der Waals surface area contributed by atoms with Gasteiger partial charge in [0.2, 0.25) is 5.91 Å². The number of alkyl halides is 2. The minimum Gasteiger partial charge on any atom is -0.490 e. The Labute approximate surface area is 290 Å². The molecule has 0 saturated carbocycles. The van der Waals surface area contributed by atoms with Crippen LogP contribution in [0.1, 0.15) is 29.8 Å². The number of amides is 1. The van der Waals surface area contributed by atoms with Crippen LogP contribution in [0.5, 0.6) is 5.75 Å². The van der Waals surface area contributed by atoms with Crippen molar-refractivity contribution in [2.45, 2.75) is 38.9 Å². The zero-order valence-electron chi connectivity index (χ0n) is 27.6. The Bertz CT molecular complexity index is 2100. The fraction of sp³-hybridized carbons (Fsp3) is 0.324. The van der Waals surface area contributed by atoms with Crippen molar-refractivity contribution in [3.8, 4) is 39.5 Å². The third-order valence-corrected chi connectivity index (χ3v) is 10.3. The summed E-state index contributed by atoms with van der Waals surface area (Å²) in [5.74, 6) is -1.81. The van der Waals surface area contributed by atoms with Gasteiger partial charge < -0.3 is 14.4 Å². The average molecular weight is 706 g/mol. The summed E-state index contributed by atoms with van der Waals surface area (Å²) in [5, 5.41) is 7.55. The number of hydrogen-bond donors (Lipinski definition) is 0. The van der Waals surface area contributed by atoms with Gasteiger partial charge in [0.05, 0.1) is 42.7 Å². The zero-order valence-corrected chi connectivity index (χ0v) is 28.4. The largest absolute Gasteiger partial charge is 0.490 e. The molecule has 1 atom stereocenters. The zero-order chi connectivity index (χ0) is 35.1. The van der Waals surface area contributed by atoms with Crippen LogP contribution in [0, 0.1) is 11.6 Å². The van der Waals surface area contributed by atoms with Gasteiger partial charge in [-0.1, -0.05) is 18.7 Å². The molecule has 13 heteroatoms. The number of fused-ring (bicyclic) bond motifs is 3. The quantitative estimate of drug-likeness (QED) is 0.0852. The van der Waals surface area contributed by atoms with Crippen molar-refractivity contribution in [2.75, 3.05) is 40.0 Å². The number of carbonyl (C=O) groups excluding carboxylic acids is 1. The fourth-order valence-corrected chi connectivity index (χ4v) is 7.90. The molecular formula is C37H35F4N5O3S. The predicted molar refractivity (Wildman–Crippen MR) is 184 cm³/mol. The topological polar surface area (TPSA) is 72.7 Å².